The molecule has 0 spiro atoms. The van der Waals surface area contributed by atoms with Gasteiger partial charge in [0.2, 0.25) is 0 Å². The van der Waals surface area contributed by atoms with Gasteiger partial charge in [-0.15, -0.1) is 0 Å². The second-order valence-corrected chi connectivity index (χ2v) is 5.25. The smallest absolute Gasteiger partial charge is 0.328 e. The van der Waals surface area contributed by atoms with Gasteiger partial charge in [-0.3, -0.25) is 4.98 Å². The third-order valence-corrected chi connectivity index (χ3v) is 3.30. The van der Waals surface area contributed by atoms with Crippen molar-refractivity contribution in [2.45, 2.75) is 26.3 Å². The molecule has 0 aliphatic carbocycles. The Morgan fingerprint density at radius 1 is 1.58 bits per heavy atom. The summed E-state index contributed by atoms with van der Waals surface area (Å²) in [7, 11) is 1.40. The van der Waals surface area contributed by atoms with Crippen molar-refractivity contribution >= 4 is 29.2 Å². The number of rotatable bonds is 4. The number of aromatic nitrogens is 3. The van der Waals surface area contributed by atoms with E-state index in [1.165, 1.54) is 7.11 Å². The standard InChI is InChI=1S/C13H17N3O2S/c1-8(2)6-11(12(17)18-3)16-10-4-5-14-7-9(10)15-13(16)19/h4-5,7-8,11H,6H2,1-3H3,(H,15,19). The number of fused-ring (bicyclic) bond motifs is 1. The summed E-state index contributed by atoms with van der Waals surface area (Å²) in [4.78, 5) is 19.1. The van der Waals surface area contributed by atoms with Crippen LogP contribution in [-0.2, 0) is 9.53 Å². The lowest BCUT2D eigenvalue weighted by atomic mass is 10.0. The number of nitrogens with one attached hydrogen (secondary N) is 1. The fourth-order valence-electron chi connectivity index (χ4n) is 2.18. The molecule has 0 aromatic carbocycles. The van der Waals surface area contributed by atoms with E-state index in [1.54, 1.807) is 12.4 Å². The van der Waals surface area contributed by atoms with Crippen LogP contribution >= 0.6 is 12.2 Å². The molecule has 0 bridgehead atoms. The van der Waals surface area contributed by atoms with Crippen molar-refractivity contribution in [3.05, 3.63) is 23.2 Å². The Kier molecular flexibility index (Phi) is 3.99. The second-order valence-electron chi connectivity index (χ2n) is 4.86. The van der Waals surface area contributed by atoms with Gasteiger partial charge in [0.1, 0.15) is 6.04 Å². The van der Waals surface area contributed by atoms with Crippen LogP contribution in [0.25, 0.3) is 11.0 Å². The fourth-order valence-corrected chi connectivity index (χ4v) is 2.51. The number of aromatic amines is 1. The zero-order valence-corrected chi connectivity index (χ0v) is 12.0. The monoisotopic (exact) mass is 279 g/mol. The van der Waals surface area contributed by atoms with Gasteiger partial charge in [-0.2, -0.15) is 0 Å². The molecule has 0 saturated heterocycles. The molecule has 2 aromatic rings. The molecule has 1 atom stereocenters. The predicted octanol–water partition coefficient (Wildman–Crippen LogP) is 2.85. The first kappa shape index (κ1) is 13.7. The Morgan fingerprint density at radius 3 is 2.95 bits per heavy atom. The number of carbonyl (C=O) groups excluding carboxylic acids is 1. The molecule has 0 aliphatic heterocycles. The average Bonchev–Trinajstić information content (AvgIpc) is 2.70. The van der Waals surface area contributed by atoms with E-state index >= 15 is 0 Å². The molecule has 6 heteroatoms. The van der Waals surface area contributed by atoms with Crippen LogP contribution < -0.4 is 0 Å². The van der Waals surface area contributed by atoms with Crippen molar-refractivity contribution in [1.29, 1.82) is 0 Å². The van der Waals surface area contributed by atoms with Gasteiger partial charge < -0.3 is 14.3 Å². The first-order valence-electron chi connectivity index (χ1n) is 6.16. The molecule has 5 nitrogen and oxygen atoms in total. The van der Waals surface area contributed by atoms with Crippen molar-refractivity contribution in [3.8, 4) is 0 Å². The first-order valence-corrected chi connectivity index (χ1v) is 6.57. The molecule has 0 amide bonds. The number of hydrogen-bond donors (Lipinski definition) is 1. The van der Waals surface area contributed by atoms with E-state index < -0.39 is 6.04 Å². The molecule has 2 rings (SSSR count). The van der Waals surface area contributed by atoms with Gasteiger partial charge in [0, 0.05) is 6.20 Å². The topological polar surface area (TPSA) is 59.9 Å². The number of imidazole rings is 1. The molecule has 102 valence electrons. The number of ether oxygens (including phenoxy) is 1. The second kappa shape index (κ2) is 5.52. The molecule has 1 N–H and O–H groups in total. The molecule has 0 fully saturated rings. The number of carbonyl (C=O) groups is 1. The number of methoxy groups -OCH3 is 1. The van der Waals surface area contributed by atoms with E-state index in [1.807, 2.05) is 10.6 Å². The normalized spacial score (nSPS) is 12.8. The van der Waals surface area contributed by atoms with Crippen LogP contribution in [0.3, 0.4) is 0 Å². The lowest BCUT2D eigenvalue weighted by Crippen LogP contribution is -2.22. The third kappa shape index (κ3) is 2.68. The van der Waals surface area contributed by atoms with E-state index in [0.29, 0.717) is 17.1 Å². The van der Waals surface area contributed by atoms with Gasteiger partial charge in [-0.1, -0.05) is 13.8 Å². The Hall–Kier alpha value is -1.69. The van der Waals surface area contributed by atoms with E-state index in [0.717, 1.165) is 11.0 Å². The van der Waals surface area contributed by atoms with E-state index in [2.05, 4.69) is 23.8 Å². The summed E-state index contributed by atoms with van der Waals surface area (Å²) < 4.78 is 7.24. The number of esters is 1. The zero-order chi connectivity index (χ0) is 14.0. The van der Waals surface area contributed by atoms with Crippen LogP contribution in [0.15, 0.2) is 18.5 Å². The van der Waals surface area contributed by atoms with Gasteiger partial charge in [0.25, 0.3) is 0 Å². The minimum absolute atomic E-state index is 0.275. The molecule has 0 saturated carbocycles. The summed E-state index contributed by atoms with van der Waals surface area (Å²) in [5.74, 6) is 0.0836. The quantitative estimate of drug-likeness (QED) is 0.690. The van der Waals surface area contributed by atoms with Crippen molar-refractivity contribution in [2.75, 3.05) is 7.11 Å². The zero-order valence-electron chi connectivity index (χ0n) is 11.2. The van der Waals surface area contributed by atoms with Crippen molar-refractivity contribution < 1.29 is 9.53 Å². The van der Waals surface area contributed by atoms with E-state index in [4.69, 9.17) is 17.0 Å². The minimum atomic E-state index is -0.409. The number of H-pyrrole nitrogens is 1. The summed E-state index contributed by atoms with van der Waals surface area (Å²) in [5.41, 5.74) is 1.70. The van der Waals surface area contributed by atoms with Crippen molar-refractivity contribution in [2.24, 2.45) is 5.92 Å². The molecular formula is C13H17N3O2S. The van der Waals surface area contributed by atoms with Crippen molar-refractivity contribution in [1.82, 2.24) is 14.5 Å². The summed E-state index contributed by atoms with van der Waals surface area (Å²) in [6, 6.07) is 1.44. The molecular weight excluding hydrogens is 262 g/mol. The van der Waals surface area contributed by atoms with E-state index in [-0.39, 0.29) is 5.97 Å². The minimum Gasteiger partial charge on any atom is -0.467 e. The average molecular weight is 279 g/mol. The summed E-state index contributed by atoms with van der Waals surface area (Å²) in [6.45, 7) is 4.13. The SMILES string of the molecule is COC(=O)C(CC(C)C)n1c(=S)[nH]c2cnccc21. The molecule has 19 heavy (non-hydrogen) atoms. The Labute approximate surface area is 116 Å². The van der Waals surface area contributed by atoms with Crippen LogP contribution in [0.5, 0.6) is 0 Å². The van der Waals surface area contributed by atoms with E-state index in [9.17, 15) is 4.79 Å². The Morgan fingerprint density at radius 2 is 2.32 bits per heavy atom. The van der Waals surface area contributed by atoms with Gasteiger partial charge in [0.05, 0.1) is 24.3 Å². The van der Waals surface area contributed by atoms with Crippen LogP contribution in [0.4, 0.5) is 0 Å². The summed E-state index contributed by atoms with van der Waals surface area (Å²) >= 11 is 5.32. The Bertz CT molecular complexity index is 645. The number of pyridine rings is 1. The van der Waals surface area contributed by atoms with Crippen LogP contribution in [0, 0.1) is 10.7 Å². The largest absolute Gasteiger partial charge is 0.467 e. The molecule has 1 unspecified atom stereocenters. The summed E-state index contributed by atoms with van der Waals surface area (Å²) in [5, 5.41) is 0. The maximum absolute atomic E-state index is 12.0. The number of hydrogen-bond acceptors (Lipinski definition) is 4. The van der Waals surface area contributed by atoms with Crippen molar-refractivity contribution in [3.63, 3.8) is 0 Å². The highest BCUT2D eigenvalue weighted by atomic mass is 32.1. The van der Waals surface area contributed by atoms with Gasteiger partial charge in [-0.25, -0.2) is 4.79 Å². The third-order valence-electron chi connectivity index (χ3n) is 3.00. The maximum Gasteiger partial charge on any atom is 0.328 e. The predicted molar refractivity (Wildman–Crippen MR) is 75.4 cm³/mol. The molecule has 0 radical (unpaired) electrons. The molecule has 2 heterocycles. The highest BCUT2D eigenvalue weighted by molar-refractivity contribution is 7.71. The van der Waals surface area contributed by atoms with Crippen LogP contribution in [0.1, 0.15) is 26.3 Å². The maximum atomic E-state index is 12.0. The highest BCUT2D eigenvalue weighted by Gasteiger charge is 2.25. The van der Waals surface area contributed by atoms with Gasteiger partial charge >= 0.3 is 5.97 Å². The fraction of sp³-hybridized carbons (Fsp3) is 0.462. The lowest BCUT2D eigenvalue weighted by Gasteiger charge is -2.19. The van der Waals surface area contributed by atoms with Crippen LogP contribution in [-0.4, -0.2) is 27.6 Å². The molecule has 2 aromatic heterocycles. The number of nitrogens with zero attached hydrogens (tertiary/aromatic N) is 2. The molecule has 0 aliphatic rings. The first-order chi connectivity index (χ1) is 9.04. The highest BCUT2D eigenvalue weighted by Crippen LogP contribution is 2.24. The Balaban J connectivity index is 2.58. The summed E-state index contributed by atoms with van der Waals surface area (Å²) in [6.07, 6.45) is 4.06. The van der Waals surface area contributed by atoms with Gasteiger partial charge in [-0.05, 0) is 30.6 Å². The van der Waals surface area contributed by atoms with Crippen LogP contribution in [0.2, 0.25) is 0 Å². The van der Waals surface area contributed by atoms with Gasteiger partial charge in [0.15, 0.2) is 4.77 Å². The lowest BCUT2D eigenvalue weighted by molar-refractivity contribution is -0.145.